The van der Waals surface area contributed by atoms with Crippen LogP contribution < -0.4 is 14.8 Å². The van der Waals surface area contributed by atoms with Crippen LogP contribution in [-0.2, 0) is 4.79 Å². The van der Waals surface area contributed by atoms with Crippen molar-refractivity contribution in [2.75, 3.05) is 27.3 Å². The first-order valence-electron chi connectivity index (χ1n) is 8.43. The number of nitrogens with one attached hydrogen (secondary N) is 1. The van der Waals surface area contributed by atoms with Crippen molar-refractivity contribution >= 4 is 11.8 Å². The van der Waals surface area contributed by atoms with Gasteiger partial charge in [0.2, 0.25) is 5.91 Å². The Bertz CT molecular complexity index is 597. The maximum atomic E-state index is 12.7. The Balaban J connectivity index is 1.61. The van der Waals surface area contributed by atoms with E-state index in [1.165, 1.54) is 0 Å². The van der Waals surface area contributed by atoms with Crippen LogP contribution in [0.2, 0.25) is 0 Å². The van der Waals surface area contributed by atoms with Crippen LogP contribution in [0.1, 0.15) is 36.0 Å². The van der Waals surface area contributed by atoms with Crippen LogP contribution >= 0.6 is 0 Å². The average molecular weight is 332 g/mol. The maximum Gasteiger partial charge on any atom is 0.254 e. The highest BCUT2D eigenvalue weighted by atomic mass is 16.5. The molecule has 2 amide bonds. The SMILES string of the molecule is COc1cc(OC)cc(C(=O)N2CCC(C(=O)NC3CC3)CC2)c1. The minimum Gasteiger partial charge on any atom is -0.497 e. The van der Waals surface area contributed by atoms with Crippen molar-refractivity contribution in [1.82, 2.24) is 10.2 Å². The van der Waals surface area contributed by atoms with E-state index >= 15 is 0 Å². The largest absolute Gasteiger partial charge is 0.497 e. The number of hydrogen-bond acceptors (Lipinski definition) is 4. The third-order valence-electron chi connectivity index (χ3n) is 4.68. The van der Waals surface area contributed by atoms with E-state index in [1.54, 1.807) is 37.3 Å². The summed E-state index contributed by atoms with van der Waals surface area (Å²) in [6.45, 7) is 1.20. The van der Waals surface area contributed by atoms with E-state index in [-0.39, 0.29) is 17.7 Å². The lowest BCUT2D eigenvalue weighted by Crippen LogP contribution is -2.43. The molecule has 6 nitrogen and oxygen atoms in total. The summed E-state index contributed by atoms with van der Waals surface area (Å²) in [4.78, 5) is 26.6. The highest BCUT2D eigenvalue weighted by molar-refractivity contribution is 5.95. The highest BCUT2D eigenvalue weighted by Gasteiger charge is 2.31. The molecule has 0 bridgehead atoms. The number of methoxy groups -OCH3 is 2. The van der Waals surface area contributed by atoms with Gasteiger partial charge in [-0.2, -0.15) is 0 Å². The molecule has 2 fully saturated rings. The van der Waals surface area contributed by atoms with Gasteiger partial charge in [0.15, 0.2) is 0 Å². The molecule has 0 radical (unpaired) electrons. The van der Waals surface area contributed by atoms with E-state index in [0.717, 1.165) is 12.8 Å². The standard InChI is InChI=1S/C18H24N2O4/c1-23-15-9-13(10-16(11-15)24-2)18(22)20-7-5-12(6-8-20)17(21)19-14-3-4-14/h9-12,14H,3-8H2,1-2H3,(H,19,21). The van der Waals surface area contributed by atoms with E-state index in [1.807, 2.05) is 0 Å². The van der Waals surface area contributed by atoms with Gasteiger partial charge < -0.3 is 19.7 Å². The summed E-state index contributed by atoms with van der Waals surface area (Å²) in [5.74, 6) is 1.31. The van der Waals surface area contributed by atoms with Crippen LogP contribution in [0.5, 0.6) is 11.5 Å². The second kappa shape index (κ2) is 7.11. The van der Waals surface area contributed by atoms with Crippen molar-refractivity contribution < 1.29 is 19.1 Å². The summed E-state index contributed by atoms with van der Waals surface area (Å²) >= 11 is 0. The van der Waals surface area contributed by atoms with Crippen molar-refractivity contribution in [3.63, 3.8) is 0 Å². The first kappa shape index (κ1) is 16.6. The number of carbonyl (C=O) groups excluding carboxylic acids is 2. The minimum absolute atomic E-state index is 0.0227. The number of hydrogen-bond donors (Lipinski definition) is 1. The molecule has 1 heterocycles. The van der Waals surface area contributed by atoms with Gasteiger partial charge >= 0.3 is 0 Å². The molecule has 0 unspecified atom stereocenters. The predicted octanol–water partition coefficient (Wildman–Crippen LogP) is 1.83. The Morgan fingerprint density at radius 1 is 1.00 bits per heavy atom. The molecule has 1 saturated heterocycles. The molecular weight excluding hydrogens is 308 g/mol. The fourth-order valence-corrected chi connectivity index (χ4v) is 3.00. The molecule has 130 valence electrons. The highest BCUT2D eigenvalue weighted by Crippen LogP contribution is 2.26. The van der Waals surface area contributed by atoms with Gasteiger partial charge in [-0.1, -0.05) is 0 Å². The lowest BCUT2D eigenvalue weighted by molar-refractivity contribution is -0.126. The zero-order valence-corrected chi connectivity index (χ0v) is 14.2. The van der Waals surface area contributed by atoms with E-state index in [4.69, 9.17) is 9.47 Å². The molecule has 1 aliphatic heterocycles. The second-order valence-electron chi connectivity index (χ2n) is 6.45. The Labute approximate surface area is 142 Å². The molecule has 1 aromatic carbocycles. The lowest BCUT2D eigenvalue weighted by atomic mass is 9.95. The summed E-state index contributed by atoms with van der Waals surface area (Å²) < 4.78 is 10.4. The molecule has 3 rings (SSSR count). The average Bonchev–Trinajstić information content (AvgIpc) is 3.44. The Hall–Kier alpha value is -2.24. The van der Waals surface area contributed by atoms with Crippen LogP contribution in [-0.4, -0.2) is 50.1 Å². The molecule has 1 aromatic rings. The molecule has 0 atom stereocenters. The van der Waals surface area contributed by atoms with Crippen molar-refractivity contribution in [2.45, 2.75) is 31.7 Å². The van der Waals surface area contributed by atoms with Crippen LogP contribution in [0, 0.1) is 5.92 Å². The third kappa shape index (κ3) is 3.80. The van der Waals surface area contributed by atoms with Gasteiger partial charge in [-0.05, 0) is 37.8 Å². The second-order valence-corrected chi connectivity index (χ2v) is 6.45. The number of rotatable bonds is 5. The fourth-order valence-electron chi connectivity index (χ4n) is 3.00. The van der Waals surface area contributed by atoms with Crippen LogP contribution in [0.3, 0.4) is 0 Å². The van der Waals surface area contributed by atoms with Gasteiger partial charge in [-0.25, -0.2) is 0 Å². The summed E-state index contributed by atoms with van der Waals surface area (Å²) in [7, 11) is 3.13. The van der Waals surface area contributed by atoms with E-state index in [2.05, 4.69) is 5.32 Å². The maximum absolute atomic E-state index is 12.7. The molecule has 0 aromatic heterocycles. The monoisotopic (exact) mass is 332 g/mol. The zero-order valence-electron chi connectivity index (χ0n) is 14.2. The van der Waals surface area contributed by atoms with Gasteiger partial charge in [0.25, 0.3) is 5.91 Å². The van der Waals surface area contributed by atoms with Crippen LogP contribution in [0.25, 0.3) is 0 Å². The molecule has 1 aliphatic carbocycles. The number of ether oxygens (including phenoxy) is 2. The summed E-state index contributed by atoms with van der Waals surface area (Å²) in [6, 6.07) is 5.57. The van der Waals surface area contributed by atoms with Gasteiger partial charge in [0.1, 0.15) is 11.5 Å². The minimum atomic E-state index is -0.0479. The molecule has 2 aliphatic rings. The predicted molar refractivity (Wildman–Crippen MR) is 89.3 cm³/mol. The molecule has 6 heteroatoms. The van der Waals surface area contributed by atoms with Gasteiger partial charge in [-0.15, -0.1) is 0 Å². The van der Waals surface area contributed by atoms with Gasteiger partial charge in [-0.3, -0.25) is 9.59 Å². The number of amides is 2. The number of nitrogens with zero attached hydrogens (tertiary/aromatic N) is 1. The molecule has 24 heavy (non-hydrogen) atoms. The molecule has 0 spiro atoms. The van der Waals surface area contributed by atoms with Crippen LogP contribution in [0.15, 0.2) is 18.2 Å². The molecule has 1 N–H and O–H groups in total. The summed E-state index contributed by atoms with van der Waals surface area (Å²) in [5.41, 5.74) is 0.548. The fraction of sp³-hybridized carbons (Fsp3) is 0.556. The van der Waals surface area contributed by atoms with Gasteiger partial charge in [0, 0.05) is 36.7 Å². The van der Waals surface area contributed by atoms with Crippen molar-refractivity contribution in [3.05, 3.63) is 23.8 Å². The third-order valence-corrected chi connectivity index (χ3v) is 4.68. The smallest absolute Gasteiger partial charge is 0.254 e. The van der Waals surface area contributed by atoms with Crippen molar-refractivity contribution in [2.24, 2.45) is 5.92 Å². The quantitative estimate of drug-likeness (QED) is 0.893. The van der Waals surface area contributed by atoms with E-state index < -0.39 is 0 Å². The number of benzene rings is 1. The Morgan fingerprint density at radius 2 is 1.58 bits per heavy atom. The normalized spacial score (nSPS) is 18.2. The number of likely N-dealkylation sites (tertiary alicyclic amines) is 1. The zero-order chi connectivity index (χ0) is 17.1. The summed E-state index contributed by atoms with van der Waals surface area (Å²) in [5, 5.41) is 3.05. The lowest BCUT2D eigenvalue weighted by Gasteiger charge is -2.31. The van der Waals surface area contributed by atoms with E-state index in [9.17, 15) is 9.59 Å². The van der Waals surface area contributed by atoms with Crippen molar-refractivity contribution in [1.29, 1.82) is 0 Å². The number of carbonyl (C=O) groups is 2. The van der Waals surface area contributed by atoms with E-state index in [0.29, 0.717) is 49.0 Å². The summed E-state index contributed by atoms with van der Waals surface area (Å²) in [6.07, 6.45) is 3.62. The van der Waals surface area contributed by atoms with Gasteiger partial charge in [0.05, 0.1) is 14.2 Å². The molecular formula is C18H24N2O4. The van der Waals surface area contributed by atoms with Crippen molar-refractivity contribution in [3.8, 4) is 11.5 Å². The van der Waals surface area contributed by atoms with Crippen LogP contribution in [0.4, 0.5) is 0 Å². The topological polar surface area (TPSA) is 67.9 Å². The molecule has 1 saturated carbocycles. The number of piperidine rings is 1. The first-order chi connectivity index (χ1) is 11.6. The Kier molecular flexibility index (Phi) is 4.92. The first-order valence-corrected chi connectivity index (χ1v) is 8.43. The Morgan fingerprint density at radius 3 is 2.08 bits per heavy atom.